The molecule has 0 spiro atoms. The summed E-state index contributed by atoms with van der Waals surface area (Å²) in [6.45, 7) is 4.54. The predicted octanol–water partition coefficient (Wildman–Crippen LogP) is 1.80. The largest absolute Gasteiger partial charge is 0.339 e. The molecule has 0 atom stereocenters. The lowest BCUT2D eigenvalue weighted by molar-refractivity contribution is 0.0723. The molecule has 4 nitrogen and oxygen atoms in total. The van der Waals surface area contributed by atoms with Crippen molar-refractivity contribution in [1.29, 1.82) is 0 Å². The van der Waals surface area contributed by atoms with Crippen LogP contribution >= 0.6 is 0 Å². The fraction of sp³-hybridized carbons (Fsp3) is 0.538. The summed E-state index contributed by atoms with van der Waals surface area (Å²) in [5.41, 5.74) is 6.93. The molecule has 4 heteroatoms. The molecule has 1 amide bonds. The van der Waals surface area contributed by atoms with Gasteiger partial charge in [0.25, 0.3) is 5.91 Å². The number of hydrogen-bond acceptors (Lipinski definition) is 3. The van der Waals surface area contributed by atoms with E-state index in [9.17, 15) is 4.79 Å². The second kappa shape index (κ2) is 6.35. The molecule has 1 aromatic heterocycles. The van der Waals surface area contributed by atoms with Gasteiger partial charge in [-0.05, 0) is 25.0 Å². The molecule has 0 aromatic carbocycles. The van der Waals surface area contributed by atoms with Crippen LogP contribution in [0, 0.1) is 0 Å². The summed E-state index contributed by atoms with van der Waals surface area (Å²) in [6, 6.07) is 3.79. The highest BCUT2D eigenvalue weighted by atomic mass is 16.2. The first-order valence-electron chi connectivity index (χ1n) is 6.06. The van der Waals surface area contributed by atoms with Gasteiger partial charge in [0.15, 0.2) is 0 Å². The maximum Gasteiger partial charge on any atom is 0.253 e. The molecule has 1 rings (SSSR count). The second-order valence-electron chi connectivity index (χ2n) is 4.13. The third kappa shape index (κ3) is 3.27. The Hall–Kier alpha value is -1.42. The summed E-state index contributed by atoms with van der Waals surface area (Å²) in [5, 5.41) is 0. The molecular weight excluding hydrogens is 214 g/mol. The molecule has 0 unspecified atom stereocenters. The summed E-state index contributed by atoms with van der Waals surface area (Å²) in [7, 11) is 1.85. The Labute approximate surface area is 103 Å². The smallest absolute Gasteiger partial charge is 0.253 e. The number of nitrogens with two attached hydrogens (primary N) is 1. The van der Waals surface area contributed by atoms with Crippen molar-refractivity contribution >= 4 is 5.91 Å². The van der Waals surface area contributed by atoms with Crippen LogP contribution in [-0.2, 0) is 6.54 Å². The lowest BCUT2D eigenvalue weighted by Gasteiger charge is -2.26. The molecule has 0 fully saturated rings. The van der Waals surface area contributed by atoms with E-state index in [1.165, 1.54) is 0 Å². The first-order valence-corrected chi connectivity index (χ1v) is 6.06. The molecule has 1 heterocycles. The Morgan fingerprint density at radius 3 is 2.65 bits per heavy atom. The Morgan fingerprint density at radius 1 is 1.47 bits per heavy atom. The maximum atomic E-state index is 12.2. The summed E-state index contributed by atoms with van der Waals surface area (Å²) < 4.78 is 0. The third-order valence-corrected chi connectivity index (χ3v) is 3.08. The molecule has 0 bridgehead atoms. The van der Waals surface area contributed by atoms with Gasteiger partial charge >= 0.3 is 0 Å². The summed E-state index contributed by atoms with van der Waals surface area (Å²) in [6.07, 6.45) is 3.57. The van der Waals surface area contributed by atoms with Gasteiger partial charge in [0.1, 0.15) is 0 Å². The molecule has 2 N–H and O–H groups in total. The minimum atomic E-state index is 0.0378. The van der Waals surface area contributed by atoms with Gasteiger partial charge in [-0.1, -0.05) is 13.8 Å². The highest BCUT2D eigenvalue weighted by Crippen LogP contribution is 2.11. The van der Waals surface area contributed by atoms with E-state index in [1.54, 1.807) is 23.2 Å². The fourth-order valence-electron chi connectivity index (χ4n) is 1.93. The van der Waals surface area contributed by atoms with Gasteiger partial charge in [-0.3, -0.25) is 9.78 Å². The van der Waals surface area contributed by atoms with Gasteiger partial charge in [-0.15, -0.1) is 0 Å². The SMILES string of the molecule is CCC(CC)N(C)C(=O)c1ccnc(CN)c1. The van der Waals surface area contributed by atoms with Crippen LogP contribution in [0.2, 0.25) is 0 Å². The van der Waals surface area contributed by atoms with Crippen molar-refractivity contribution in [1.82, 2.24) is 9.88 Å². The minimum Gasteiger partial charge on any atom is -0.339 e. The molecule has 0 saturated carbocycles. The van der Waals surface area contributed by atoms with E-state index in [0.29, 0.717) is 12.1 Å². The summed E-state index contributed by atoms with van der Waals surface area (Å²) in [5.74, 6) is 0.0378. The van der Waals surface area contributed by atoms with Crippen LogP contribution < -0.4 is 5.73 Å². The van der Waals surface area contributed by atoms with Crippen molar-refractivity contribution in [2.24, 2.45) is 5.73 Å². The van der Waals surface area contributed by atoms with Crippen LogP contribution in [0.15, 0.2) is 18.3 Å². The van der Waals surface area contributed by atoms with E-state index in [0.717, 1.165) is 18.5 Å². The molecule has 0 aliphatic rings. The molecule has 0 saturated heterocycles. The van der Waals surface area contributed by atoms with Crippen molar-refractivity contribution < 1.29 is 4.79 Å². The first-order chi connectivity index (χ1) is 8.13. The van der Waals surface area contributed by atoms with Crippen LogP contribution in [0.25, 0.3) is 0 Å². The number of hydrogen-bond donors (Lipinski definition) is 1. The summed E-state index contributed by atoms with van der Waals surface area (Å²) in [4.78, 5) is 18.1. The highest BCUT2D eigenvalue weighted by molar-refractivity contribution is 5.94. The number of carbonyl (C=O) groups is 1. The van der Waals surface area contributed by atoms with E-state index in [-0.39, 0.29) is 11.9 Å². The lowest BCUT2D eigenvalue weighted by atomic mass is 10.1. The molecule has 0 aliphatic heterocycles. The van der Waals surface area contributed by atoms with E-state index < -0.39 is 0 Å². The fourth-order valence-corrected chi connectivity index (χ4v) is 1.93. The van der Waals surface area contributed by atoms with Crippen molar-refractivity contribution in [3.8, 4) is 0 Å². The normalized spacial score (nSPS) is 10.6. The first kappa shape index (κ1) is 13.6. The predicted molar refractivity (Wildman–Crippen MR) is 68.6 cm³/mol. The second-order valence-corrected chi connectivity index (χ2v) is 4.13. The highest BCUT2D eigenvalue weighted by Gasteiger charge is 2.18. The van der Waals surface area contributed by atoms with Crippen LogP contribution in [0.3, 0.4) is 0 Å². The van der Waals surface area contributed by atoms with Crippen LogP contribution in [-0.4, -0.2) is 28.9 Å². The van der Waals surface area contributed by atoms with Gasteiger partial charge in [-0.2, -0.15) is 0 Å². The van der Waals surface area contributed by atoms with E-state index >= 15 is 0 Å². The molecule has 94 valence electrons. The van der Waals surface area contributed by atoms with Crippen LogP contribution in [0.1, 0.15) is 42.7 Å². The zero-order chi connectivity index (χ0) is 12.8. The van der Waals surface area contributed by atoms with Crippen molar-refractivity contribution in [2.75, 3.05) is 7.05 Å². The van der Waals surface area contributed by atoms with Gasteiger partial charge < -0.3 is 10.6 Å². The standard InChI is InChI=1S/C13H21N3O/c1-4-12(5-2)16(3)13(17)10-6-7-15-11(8-10)9-14/h6-8,12H,4-5,9,14H2,1-3H3. The van der Waals surface area contributed by atoms with E-state index in [2.05, 4.69) is 18.8 Å². The van der Waals surface area contributed by atoms with Crippen LogP contribution in [0.4, 0.5) is 0 Å². The van der Waals surface area contributed by atoms with Crippen molar-refractivity contribution in [2.45, 2.75) is 39.3 Å². The Kier molecular flexibility index (Phi) is 5.10. The molecule has 0 radical (unpaired) electrons. The zero-order valence-corrected chi connectivity index (χ0v) is 10.8. The van der Waals surface area contributed by atoms with Crippen molar-refractivity contribution in [3.05, 3.63) is 29.6 Å². The average molecular weight is 235 g/mol. The number of rotatable bonds is 5. The van der Waals surface area contributed by atoms with E-state index in [4.69, 9.17) is 5.73 Å². The molecule has 17 heavy (non-hydrogen) atoms. The van der Waals surface area contributed by atoms with Gasteiger partial charge in [0.05, 0.1) is 5.69 Å². The quantitative estimate of drug-likeness (QED) is 0.846. The summed E-state index contributed by atoms with van der Waals surface area (Å²) >= 11 is 0. The number of amides is 1. The van der Waals surface area contributed by atoms with E-state index in [1.807, 2.05) is 7.05 Å². The Balaban J connectivity index is 2.87. The molecular formula is C13H21N3O. The minimum absolute atomic E-state index is 0.0378. The Morgan fingerprint density at radius 2 is 2.12 bits per heavy atom. The van der Waals surface area contributed by atoms with Crippen LogP contribution in [0.5, 0.6) is 0 Å². The van der Waals surface area contributed by atoms with Gasteiger partial charge in [0.2, 0.25) is 0 Å². The number of carbonyl (C=O) groups excluding carboxylic acids is 1. The maximum absolute atomic E-state index is 12.2. The Bertz CT molecular complexity index is 375. The topological polar surface area (TPSA) is 59.2 Å². The van der Waals surface area contributed by atoms with Crippen molar-refractivity contribution in [3.63, 3.8) is 0 Å². The van der Waals surface area contributed by atoms with Gasteiger partial charge in [-0.25, -0.2) is 0 Å². The average Bonchev–Trinajstić information content (AvgIpc) is 2.39. The number of nitrogens with zero attached hydrogens (tertiary/aromatic N) is 2. The third-order valence-electron chi connectivity index (χ3n) is 3.08. The monoisotopic (exact) mass is 235 g/mol. The molecule has 1 aromatic rings. The lowest BCUT2D eigenvalue weighted by Crippen LogP contribution is -2.36. The zero-order valence-electron chi connectivity index (χ0n) is 10.8. The number of aromatic nitrogens is 1. The number of pyridine rings is 1. The molecule has 0 aliphatic carbocycles. The van der Waals surface area contributed by atoms with Gasteiger partial charge in [0, 0.05) is 31.4 Å².